The summed E-state index contributed by atoms with van der Waals surface area (Å²) in [6.07, 6.45) is -0.913. The molecule has 1 rings (SSSR count). The largest absolute Gasteiger partial charge is 0.446 e. The Labute approximate surface area is 122 Å². The van der Waals surface area contributed by atoms with E-state index in [-0.39, 0.29) is 11.5 Å². The first kappa shape index (κ1) is 16.6. The quantitative estimate of drug-likeness (QED) is 0.842. The van der Waals surface area contributed by atoms with Gasteiger partial charge in [0.25, 0.3) is 5.91 Å². The van der Waals surface area contributed by atoms with Crippen LogP contribution in [0.5, 0.6) is 0 Å². The number of carbonyl (C=O) groups is 2. The molecule has 5 nitrogen and oxygen atoms in total. The molecule has 0 radical (unpaired) electrons. The van der Waals surface area contributed by atoms with Crippen molar-refractivity contribution in [2.24, 2.45) is 5.92 Å². The maximum absolute atomic E-state index is 13.5. The number of hydrogen-bond donors (Lipinski definition) is 1. The summed E-state index contributed by atoms with van der Waals surface area (Å²) in [4.78, 5) is 23.9. The number of ether oxygens (including phenoxy) is 1. The van der Waals surface area contributed by atoms with Gasteiger partial charge in [-0.25, -0.2) is 9.18 Å². The molecule has 0 aliphatic heterocycles. The Kier molecular flexibility index (Phi) is 5.85. The van der Waals surface area contributed by atoms with Crippen LogP contribution in [0.15, 0.2) is 24.3 Å². The van der Waals surface area contributed by atoms with Crippen LogP contribution in [0.2, 0.25) is 0 Å². The third-order valence-corrected chi connectivity index (χ3v) is 2.80. The molecule has 112 valence electrons. The number of amides is 1. The van der Waals surface area contributed by atoms with Crippen LogP contribution in [0.25, 0.3) is 0 Å². The van der Waals surface area contributed by atoms with Crippen molar-refractivity contribution < 1.29 is 18.7 Å². The molecule has 0 saturated heterocycles. The molecule has 1 aromatic carbocycles. The van der Waals surface area contributed by atoms with Gasteiger partial charge in [0, 0.05) is 0 Å². The monoisotopic (exact) mass is 292 g/mol. The second-order valence-corrected chi connectivity index (χ2v) is 4.88. The molecule has 0 heterocycles. The molecule has 0 bridgehead atoms. The second-order valence-electron chi connectivity index (χ2n) is 4.88. The molecule has 0 aliphatic carbocycles. The Morgan fingerprint density at radius 2 is 1.90 bits per heavy atom. The van der Waals surface area contributed by atoms with Crippen LogP contribution in [-0.2, 0) is 9.53 Å². The summed E-state index contributed by atoms with van der Waals surface area (Å²) in [5.41, 5.74) is -0.149. The molecule has 1 aromatic rings. The first-order chi connectivity index (χ1) is 9.86. The highest BCUT2D eigenvalue weighted by molar-refractivity contribution is 5.97. The average molecular weight is 292 g/mol. The van der Waals surface area contributed by atoms with Crippen molar-refractivity contribution in [3.63, 3.8) is 0 Å². The molecule has 0 saturated carbocycles. The highest BCUT2D eigenvalue weighted by Crippen LogP contribution is 2.10. The predicted octanol–water partition coefficient (Wildman–Crippen LogP) is 2.04. The summed E-state index contributed by atoms with van der Waals surface area (Å²) in [7, 11) is 0. The van der Waals surface area contributed by atoms with Gasteiger partial charge in [-0.05, 0) is 25.0 Å². The van der Waals surface area contributed by atoms with Gasteiger partial charge in [0.05, 0.1) is 5.56 Å². The fourth-order valence-corrected chi connectivity index (χ4v) is 1.64. The molecule has 0 spiro atoms. The van der Waals surface area contributed by atoms with Crippen molar-refractivity contribution >= 4 is 11.9 Å². The highest BCUT2D eigenvalue weighted by Gasteiger charge is 2.28. The number of halogens is 1. The lowest BCUT2D eigenvalue weighted by molar-refractivity contribution is -0.149. The maximum Gasteiger partial charge on any atom is 0.330 e. The van der Waals surface area contributed by atoms with Crippen molar-refractivity contribution in [3.8, 4) is 6.07 Å². The van der Waals surface area contributed by atoms with Crippen molar-refractivity contribution in [3.05, 3.63) is 35.6 Å². The normalized spacial score (nSPS) is 13.1. The summed E-state index contributed by atoms with van der Waals surface area (Å²) in [5, 5.41) is 11.1. The zero-order chi connectivity index (χ0) is 16.0. The molecular formula is C15H17FN2O3. The Balaban J connectivity index is 2.85. The summed E-state index contributed by atoms with van der Waals surface area (Å²) >= 11 is 0. The molecule has 0 aliphatic rings. The van der Waals surface area contributed by atoms with Gasteiger partial charge >= 0.3 is 5.97 Å². The molecule has 0 unspecified atom stereocenters. The second kappa shape index (κ2) is 7.39. The summed E-state index contributed by atoms with van der Waals surface area (Å²) in [6.45, 7) is 4.85. The number of esters is 1. The van der Waals surface area contributed by atoms with Crippen molar-refractivity contribution in [2.45, 2.75) is 32.9 Å². The maximum atomic E-state index is 13.5. The van der Waals surface area contributed by atoms with E-state index >= 15 is 0 Å². The zero-order valence-corrected chi connectivity index (χ0v) is 12.1. The number of nitriles is 1. The van der Waals surface area contributed by atoms with Crippen molar-refractivity contribution in [2.75, 3.05) is 0 Å². The van der Waals surface area contributed by atoms with Crippen LogP contribution in [0.4, 0.5) is 4.39 Å². The summed E-state index contributed by atoms with van der Waals surface area (Å²) < 4.78 is 18.4. The fourth-order valence-electron chi connectivity index (χ4n) is 1.64. The van der Waals surface area contributed by atoms with Gasteiger partial charge in [-0.2, -0.15) is 5.26 Å². The van der Waals surface area contributed by atoms with E-state index in [1.165, 1.54) is 25.1 Å². The molecule has 0 aromatic heterocycles. The average Bonchev–Trinajstić information content (AvgIpc) is 2.44. The van der Waals surface area contributed by atoms with Crippen LogP contribution in [0.3, 0.4) is 0 Å². The zero-order valence-electron chi connectivity index (χ0n) is 12.1. The summed E-state index contributed by atoms with van der Waals surface area (Å²) in [5.74, 6) is -2.35. The van der Waals surface area contributed by atoms with Gasteiger partial charge in [-0.3, -0.25) is 4.79 Å². The SMILES string of the molecule is CC(C)[C@H](NC(=O)c1ccccc1F)C(=O)O[C@H](C)C#N. The molecule has 21 heavy (non-hydrogen) atoms. The van der Waals surface area contributed by atoms with E-state index in [9.17, 15) is 14.0 Å². The lowest BCUT2D eigenvalue weighted by atomic mass is 10.0. The van der Waals surface area contributed by atoms with Crippen LogP contribution in [-0.4, -0.2) is 24.0 Å². The summed E-state index contributed by atoms with van der Waals surface area (Å²) in [6, 6.07) is 6.30. The van der Waals surface area contributed by atoms with Crippen molar-refractivity contribution in [1.29, 1.82) is 5.26 Å². The van der Waals surface area contributed by atoms with Gasteiger partial charge in [0.2, 0.25) is 0 Å². The smallest absolute Gasteiger partial charge is 0.330 e. The lowest BCUT2D eigenvalue weighted by Crippen LogP contribution is -2.46. The minimum absolute atomic E-state index is 0.149. The topological polar surface area (TPSA) is 79.2 Å². The van der Waals surface area contributed by atoms with Gasteiger partial charge in [0.15, 0.2) is 6.10 Å². The van der Waals surface area contributed by atoms with Gasteiger partial charge in [-0.15, -0.1) is 0 Å². The van der Waals surface area contributed by atoms with E-state index in [1.54, 1.807) is 19.9 Å². The molecule has 2 atom stereocenters. The number of nitrogens with zero attached hydrogens (tertiary/aromatic N) is 1. The predicted molar refractivity (Wildman–Crippen MR) is 73.7 cm³/mol. The molecular weight excluding hydrogens is 275 g/mol. The number of rotatable bonds is 5. The number of hydrogen-bond acceptors (Lipinski definition) is 4. The van der Waals surface area contributed by atoms with Crippen LogP contribution < -0.4 is 5.32 Å². The number of benzene rings is 1. The minimum Gasteiger partial charge on any atom is -0.446 e. The Bertz CT molecular complexity index is 566. The standard InChI is InChI=1S/C15H17FN2O3/c1-9(2)13(15(20)21-10(3)8-17)18-14(19)11-6-4-5-7-12(11)16/h4-7,9-10,13H,1-3H3,(H,18,19)/t10-,13+/m1/s1. The first-order valence-electron chi connectivity index (χ1n) is 6.52. The molecule has 1 amide bonds. The minimum atomic E-state index is -0.951. The van der Waals surface area contributed by atoms with Gasteiger partial charge in [-0.1, -0.05) is 26.0 Å². The van der Waals surface area contributed by atoms with Crippen LogP contribution in [0, 0.1) is 23.1 Å². The van der Waals surface area contributed by atoms with E-state index in [2.05, 4.69) is 5.32 Å². The van der Waals surface area contributed by atoms with Crippen LogP contribution in [0.1, 0.15) is 31.1 Å². The molecule has 6 heteroatoms. The number of nitrogens with one attached hydrogen (secondary N) is 1. The fraction of sp³-hybridized carbons (Fsp3) is 0.400. The lowest BCUT2D eigenvalue weighted by Gasteiger charge is -2.21. The van der Waals surface area contributed by atoms with E-state index in [0.717, 1.165) is 6.07 Å². The third kappa shape index (κ3) is 4.56. The third-order valence-electron chi connectivity index (χ3n) is 2.80. The highest BCUT2D eigenvalue weighted by atomic mass is 19.1. The van der Waals surface area contributed by atoms with Crippen LogP contribution >= 0.6 is 0 Å². The van der Waals surface area contributed by atoms with E-state index in [4.69, 9.17) is 10.00 Å². The van der Waals surface area contributed by atoms with E-state index < -0.39 is 29.8 Å². The molecule has 0 fully saturated rings. The van der Waals surface area contributed by atoms with Gasteiger partial charge < -0.3 is 10.1 Å². The Hall–Kier alpha value is -2.42. The Morgan fingerprint density at radius 1 is 1.29 bits per heavy atom. The number of carbonyl (C=O) groups excluding carboxylic acids is 2. The van der Waals surface area contributed by atoms with E-state index in [1.807, 2.05) is 0 Å². The molecule has 1 N–H and O–H groups in total. The Morgan fingerprint density at radius 3 is 2.43 bits per heavy atom. The van der Waals surface area contributed by atoms with E-state index in [0.29, 0.717) is 0 Å². The van der Waals surface area contributed by atoms with Crippen molar-refractivity contribution in [1.82, 2.24) is 5.32 Å². The first-order valence-corrected chi connectivity index (χ1v) is 6.52. The van der Waals surface area contributed by atoms with Gasteiger partial charge in [0.1, 0.15) is 17.9 Å².